The zero-order valence-corrected chi connectivity index (χ0v) is 16.8. The van der Waals surface area contributed by atoms with E-state index in [1.807, 2.05) is 23.5 Å². The first-order valence-corrected chi connectivity index (χ1v) is 11.1. The molecule has 4 rings (SSSR count). The second kappa shape index (κ2) is 9.28. The van der Waals surface area contributed by atoms with Crippen LogP contribution < -0.4 is 5.32 Å². The molecule has 3 nitrogen and oxygen atoms in total. The van der Waals surface area contributed by atoms with Gasteiger partial charge in [0, 0.05) is 42.7 Å². The van der Waals surface area contributed by atoms with Crippen molar-refractivity contribution in [2.75, 3.05) is 26.2 Å². The Morgan fingerprint density at radius 2 is 1.85 bits per heavy atom. The molecule has 27 heavy (non-hydrogen) atoms. The highest BCUT2D eigenvalue weighted by molar-refractivity contribution is 7.10. The standard InChI is InChI=1S/C22H30FN3S/c23-22-8-2-1-6-19(22)15-26-11-5-7-20(16-26)24-13-21-12-18(17-27-21)14-25-9-3-4-10-25/h1-2,6,8,12,17,20,24H,3-5,7,9-11,13-16H2/t20-/m0/s1. The summed E-state index contributed by atoms with van der Waals surface area (Å²) in [6, 6.07) is 10.0. The van der Waals surface area contributed by atoms with E-state index in [-0.39, 0.29) is 5.82 Å². The second-order valence-corrected chi connectivity index (χ2v) is 8.95. The van der Waals surface area contributed by atoms with Gasteiger partial charge in [0.15, 0.2) is 0 Å². The molecule has 2 aliphatic rings. The monoisotopic (exact) mass is 387 g/mol. The van der Waals surface area contributed by atoms with Crippen LogP contribution in [0, 0.1) is 5.82 Å². The number of hydrogen-bond acceptors (Lipinski definition) is 4. The molecule has 1 aromatic carbocycles. The van der Waals surface area contributed by atoms with Crippen molar-refractivity contribution >= 4 is 11.3 Å². The van der Waals surface area contributed by atoms with Gasteiger partial charge in [0.05, 0.1) is 0 Å². The molecule has 0 amide bonds. The van der Waals surface area contributed by atoms with Crippen LogP contribution in [0.4, 0.5) is 4.39 Å². The summed E-state index contributed by atoms with van der Waals surface area (Å²) in [4.78, 5) is 6.36. The molecule has 2 aliphatic heterocycles. The van der Waals surface area contributed by atoms with E-state index in [0.717, 1.165) is 31.7 Å². The number of halogens is 1. The van der Waals surface area contributed by atoms with Gasteiger partial charge in [0.2, 0.25) is 0 Å². The molecule has 2 saturated heterocycles. The SMILES string of the molecule is Fc1ccccc1CN1CCC[C@H](NCc2cc(CN3CCCC3)cs2)C1. The van der Waals surface area contributed by atoms with E-state index >= 15 is 0 Å². The van der Waals surface area contributed by atoms with E-state index in [9.17, 15) is 4.39 Å². The smallest absolute Gasteiger partial charge is 0.127 e. The Balaban J connectivity index is 1.24. The van der Waals surface area contributed by atoms with Crippen molar-refractivity contribution in [3.8, 4) is 0 Å². The lowest BCUT2D eigenvalue weighted by atomic mass is 10.0. The number of thiophene rings is 1. The van der Waals surface area contributed by atoms with Crippen LogP contribution in [-0.4, -0.2) is 42.0 Å². The van der Waals surface area contributed by atoms with E-state index in [0.29, 0.717) is 12.6 Å². The molecule has 2 fully saturated rings. The lowest BCUT2D eigenvalue weighted by Gasteiger charge is -2.33. The Hall–Kier alpha value is -1.27. The van der Waals surface area contributed by atoms with Crippen molar-refractivity contribution in [2.45, 2.75) is 51.4 Å². The third-order valence-electron chi connectivity index (χ3n) is 5.74. The molecule has 2 aromatic rings. The van der Waals surface area contributed by atoms with Gasteiger partial charge in [-0.2, -0.15) is 0 Å². The Labute approximate surface area is 166 Å². The minimum absolute atomic E-state index is 0.0864. The highest BCUT2D eigenvalue weighted by Gasteiger charge is 2.20. The fraction of sp³-hybridized carbons (Fsp3) is 0.545. The molecule has 0 unspecified atom stereocenters. The second-order valence-electron chi connectivity index (χ2n) is 7.95. The van der Waals surface area contributed by atoms with E-state index in [4.69, 9.17) is 0 Å². The van der Waals surface area contributed by atoms with Gasteiger partial charge < -0.3 is 5.32 Å². The van der Waals surface area contributed by atoms with E-state index < -0.39 is 0 Å². The Kier molecular flexibility index (Phi) is 6.56. The van der Waals surface area contributed by atoms with Crippen molar-refractivity contribution in [1.29, 1.82) is 0 Å². The van der Waals surface area contributed by atoms with Crippen LogP contribution in [0.3, 0.4) is 0 Å². The zero-order valence-electron chi connectivity index (χ0n) is 16.0. The summed E-state index contributed by atoms with van der Waals surface area (Å²) in [7, 11) is 0. The van der Waals surface area contributed by atoms with Crippen molar-refractivity contribution in [1.82, 2.24) is 15.1 Å². The van der Waals surface area contributed by atoms with E-state index in [2.05, 4.69) is 26.6 Å². The van der Waals surface area contributed by atoms with Crippen LogP contribution in [0.2, 0.25) is 0 Å². The first kappa shape index (κ1) is 19.1. The third-order valence-corrected chi connectivity index (χ3v) is 6.72. The molecule has 0 spiro atoms. The summed E-state index contributed by atoms with van der Waals surface area (Å²) < 4.78 is 13.9. The number of benzene rings is 1. The lowest BCUT2D eigenvalue weighted by Crippen LogP contribution is -2.45. The lowest BCUT2D eigenvalue weighted by molar-refractivity contribution is 0.181. The topological polar surface area (TPSA) is 18.5 Å². The predicted octanol–water partition coefficient (Wildman–Crippen LogP) is 4.24. The number of rotatable bonds is 7. The predicted molar refractivity (Wildman–Crippen MR) is 110 cm³/mol. The van der Waals surface area contributed by atoms with Gasteiger partial charge in [-0.3, -0.25) is 9.80 Å². The maximum atomic E-state index is 13.9. The summed E-state index contributed by atoms with van der Waals surface area (Å²) in [6.07, 6.45) is 5.09. The summed E-state index contributed by atoms with van der Waals surface area (Å²) in [5.41, 5.74) is 2.27. The minimum atomic E-state index is -0.0864. The molecule has 0 radical (unpaired) electrons. The average Bonchev–Trinajstić information content (AvgIpc) is 3.35. The molecule has 3 heterocycles. The van der Waals surface area contributed by atoms with Crippen LogP contribution in [0.15, 0.2) is 35.7 Å². The third kappa shape index (κ3) is 5.38. The number of nitrogens with one attached hydrogen (secondary N) is 1. The van der Waals surface area contributed by atoms with Gasteiger partial charge in [0.25, 0.3) is 0 Å². The first-order valence-electron chi connectivity index (χ1n) is 10.2. The van der Waals surface area contributed by atoms with Gasteiger partial charge in [-0.1, -0.05) is 18.2 Å². The summed E-state index contributed by atoms with van der Waals surface area (Å²) in [5, 5.41) is 6.06. The first-order chi connectivity index (χ1) is 13.3. The van der Waals surface area contributed by atoms with Crippen LogP contribution in [-0.2, 0) is 19.6 Å². The number of likely N-dealkylation sites (tertiary alicyclic amines) is 2. The number of piperidine rings is 1. The van der Waals surface area contributed by atoms with Crippen LogP contribution in [0.1, 0.15) is 41.7 Å². The van der Waals surface area contributed by atoms with Crippen molar-refractivity contribution in [3.63, 3.8) is 0 Å². The Morgan fingerprint density at radius 3 is 2.70 bits per heavy atom. The maximum Gasteiger partial charge on any atom is 0.127 e. The summed E-state index contributed by atoms with van der Waals surface area (Å²) in [5.74, 6) is -0.0864. The molecule has 1 N–H and O–H groups in total. The fourth-order valence-corrected chi connectivity index (χ4v) is 5.11. The minimum Gasteiger partial charge on any atom is -0.308 e. The summed E-state index contributed by atoms with van der Waals surface area (Å²) in [6.45, 7) is 7.33. The van der Waals surface area contributed by atoms with Crippen LogP contribution >= 0.6 is 11.3 Å². The quantitative estimate of drug-likeness (QED) is 0.767. The van der Waals surface area contributed by atoms with Crippen LogP contribution in [0.5, 0.6) is 0 Å². The van der Waals surface area contributed by atoms with Gasteiger partial charge in [-0.05, 0) is 68.4 Å². The molecule has 0 saturated carbocycles. The molecule has 1 aromatic heterocycles. The fourth-order valence-electron chi connectivity index (χ4n) is 4.28. The molecule has 0 bridgehead atoms. The normalized spacial score (nSPS) is 21.7. The van der Waals surface area contributed by atoms with E-state index in [1.54, 1.807) is 12.1 Å². The molecule has 5 heteroatoms. The van der Waals surface area contributed by atoms with Crippen molar-refractivity contribution in [2.24, 2.45) is 0 Å². The highest BCUT2D eigenvalue weighted by atomic mass is 32.1. The van der Waals surface area contributed by atoms with Crippen molar-refractivity contribution in [3.05, 3.63) is 57.5 Å². The van der Waals surface area contributed by atoms with Gasteiger partial charge >= 0.3 is 0 Å². The largest absolute Gasteiger partial charge is 0.308 e. The Bertz CT molecular complexity index is 726. The maximum absolute atomic E-state index is 13.9. The average molecular weight is 388 g/mol. The van der Waals surface area contributed by atoms with E-state index in [1.165, 1.54) is 49.2 Å². The van der Waals surface area contributed by atoms with Gasteiger partial charge in [-0.15, -0.1) is 11.3 Å². The molecule has 146 valence electrons. The Morgan fingerprint density at radius 1 is 1.04 bits per heavy atom. The van der Waals surface area contributed by atoms with Crippen molar-refractivity contribution < 1.29 is 4.39 Å². The van der Waals surface area contributed by atoms with Gasteiger partial charge in [0.1, 0.15) is 5.82 Å². The molecular weight excluding hydrogens is 357 g/mol. The highest BCUT2D eigenvalue weighted by Crippen LogP contribution is 2.20. The molecule has 0 aliphatic carbocycles. The number of hydrogen-bond donors (Lipinski definition) is 1. The zero-order chi connectivity index (χ0) is 18.5. The molecular formula is C22H30FN3S. The van der Waals surface area contributed by atoms with Gasteiger partial charge in [-0.25, -0.2) is 4.39 Å². The molecule has 1 atom stereocenters. The number of nitrogens with zero attached hydrogens (tertiary/aromatic N) is 2. The van der Waals surface area contributed by atoms with Crippen LogP contribution in [0.25, 0.3) is 0 Å². The summed E-state index contributed by atoms with van der Waals surface area (Å²) >= 11 is 1.87.